The number of hydrogen-bond acceptors (Lipinski definition) is 2. The Labute approximate surface area is 99.4 Å². The van der Waals surface area contributed by atoms with Crippen LogP contribution in [-0.4, -0.2) is 13.6 Å². The lowest BCUT2D eigenvalue weighted by molar-refractivity contribution is 0.571. The van der Waals surface area contributed by atoms with Crippen LogP contribution in [0.25, 0.3) is 0 Å². The first kappa shape index (κ1) is 12.8. The van der Waals surface area contributed by atoms with Gasteiger partial charge in [-0.2, -0.15) is 0 Å². The Bertz CT molecular complexity index is 433. The zero-order chi connectivity index (χ0) is 11.5. The molecule has 1 rings (SSSR count). The molecule has 0 radical (unpaired) electrons. The lowest BCUT2D eigenvalue weighted by Crippen LogP contribution is -2.27. The Morgan fingerprint density at radius 2 is 2.13 bits per heavy atom. The van der Waals surface area contributed by atoms with E-state index in [4.69, 9.17) is 23.2 Å². The second-order valence-electron chi connectivity index (χ2n) is 3.12. The highest BCUT2D eigenvalue weighted by atomic mass is 35.5. The van der Waals surface area contributed by atoms with E-state index >= 15 is 0 Å². The third-order valence-electron chi connectivity index (χ3n) is 1.85. The summed E-state index contributed by atoms with van der Waals surface area (Å²) in [5, 5.41) is 0.127. The van der Waals surface area contributed by atoms with E-state index in [-0.39, 0.29) is 6.04 Å². The molecule has 0 heterocycles. The van der Waals surface area contributed by atoms with E-state index in [0.29, 0.717) is 5.02 Å². The van der Waals surface area contributed by atoms with Crippen LogP contribution in [-0.2, 0) is 10.0 Å². The molecule has 0 saturated carbocycles. The lowest BCUT2D eigenvalue weighted by atomic mass is 10.1. The van der Waals surface area contributed by atoms with Crippen LogP contribution in [0.2, 0.25) is 5.02 Å². The van der Waals surface area contributed by atoms with Crippen LogP contribution in [0.1, 0.15) is 18.5 Å². The molecule has 0 amide bonds. The van der Waals surface area contributed by atoms with Crippen molar-refractivity contribution in [2.45, 2.75) is 13.0 Å². The fraction of sp³-hybridized carbons (Fsp3) is 0.333. The van der Waals surface area contributed by atoms with Crippen molar-refractivity contribution >= 4 is 33.2 Å². The number of sulfonamides is 1. The number of alkyl halides is 1. The zero-order valence-electron chi connectivity index (χ0n) is 8.07. The standard InChI is InChI=1S/C9H11Cl2NO2S/c1-7(12-15(13,14)6-10)8-3-2-4-9(11)5-8/h2-5,7,12H,6H2,1H3. The lowest BCUT2D eigenvalue weighted by Gasteiger charge is -2.13. The van der Waals surface area contributed by atoms with Gasteiger partial charge in [0, 0.05) is 11.1 Å². The van der Waals surface area contributed by atoms with Gasteiger partial charge < -0.3 is 0 Å². The van der Waals surface area contributed by atoms with Gasteiger partial charge in [-0.25, -0.2) is 13.1 Å². The summed E-state index contributed by atoms with van der Waals surface area (Å²) in [7, 11) is -3.41. The molecule has 1 aromatic rings. The largest absolute Gasteiger partial charge is 0.226 e. The van der Waals surface area contributed by atoms with E-state index in [1.54, 1.807) is 31.2 Å². The van der Waals surface area contributed by atoms with E-state index < -0.39 is 15.2 Å². The van der Waals surface area contributed by atoms with Gasteiger partial charge in [0.05, 0.1) is 0 Å². The molecule has 1 aromatic carbocycles. The van der Waals surface area contributed by atoms with Crippen molar-refractivity contribution in [1.82, 2.24) is 4.72 Å². The molecule has 0 bridgehead atoms. The maximum absolute atomic E-state index is 11.2. The van der Waals surface area contributed by atoms with Gasteiger partial charge in [0.15, 0.2) is 0 Å². The first-order valence-corrected chi connectivity index (χ1v) is 6.82. The van der Waals surface area contributed by atoms with Gasteiger partial charge in [-0.3, -0.25) is 0 Å². The van der Waals surface area contributed by atoms with Crippen molar-refractivity contribution in [1.29, 1.82) is 0 Å². The molecule has 1 N–H and O–H groups in total. The van der Waals surface area contributed by atoms with Crippen LogP contribution >= 0.6 is 23.2 Å². The van der Waals surface area contributed by atoms with E-state index in [1.165, 1.54) is 0 Å². The van der Waals surface area contributed by atoms with Crippen molar-refractivity contribution in [3.05, 3.63) is 34.9 Å². The van der Waals surface area contributed by atoms with Gasteiger partial charge in [0.1, 0.15) is 5.21 Å². The minimum atomic E-state index is -3.41. The molecule has 0 aliphatic carbocycles. The summed E-state index contributed by atoms with van der Waals surface area (Å²) in [6.07, 6.45) is 0. The summed E-state index contributed by atoms with van der Waals surface area (Å²) in [5.74, 6) is 0. The van der Waals surface area contributed by atoms with E-state index in [1.807, 2.05) is 0 Å². The summed E-state index contributed by atoms with van der Waals surface area (Å²) in [6, 6.07) is 6.67. The summed E-state index contributed by atoms with van der Waals surface area (Å²) in [5.41, 5.74) is 0.802. The molecule has 6 heteroatoms. The Morgan fingerprint density at radius 3 is 2.67 bits per heavy atom. The Kier molecular flexibility index (Phi) is 4.40. The number of halogens is 2. The first-order chi connectivity index (χ1) is 6.94. The average molecular weight is 268 g/mol. The zero-order valence-corrected chi connectivity index (χ0v) is 10.4. The fourth-order valence-electron chi connectivity index (χ4n) is 1.14. The monoisotopic (exact) mass is 267 g/mol. The SMILES string of the molecule is CC(NS(=O)(=O)CCl)c1cccc(Cl)c1. The Morgan fingerprint density at radius 1 is 1.47 bits per heavy atom. The predicted octanol–water partition coefficient (Wildman–Crippen LogP) is 2.52. The van der Waals surface area contributed by atoms with Crippen molar-refractivity contribution in [2.75, 3.05) is 5.21 Å². The summed E-state index contributed by atoms with van der Waals surface area (Å²) in [6.45, 7) is 1.73. The van der Waals surface area contributed by atoms with Crippen LogP contribution in [0.15, 0.2) is 24.3 Å². The average Bonchev–Trinajstić information content (AvgIpc) is 2.17. The Balaban J connectivity index is 2.82. The number of rotatable bonds is 4. The molecule has 0 fully saturated rings. The van der Waals surface area contributed by atoms with Crippen LogP contribution in [0.5, 0.6) is 0 Å². The van der Waals surface area contributed by atoms with E-state index in [0.717, 1.165) is 5.56 Å². The molecule has 84 valence electrons. The molecular weight excluding hydrogens is 257 g/mol. The van der Waals surface area contributed by atoms with Crippen LogP contribution in [0.4, 0.5) is 0 Å². The van der Waals surface area contributed by atoms with Crippen LogP contribution < -0.4 is 4.72 Å². The molecule has 0 aliphatic heterocycles. The number of benzene rings is 1. The second kappa shape index (κ2) is 5.16. The highest BCUT2D eigenvalue weighted by Gasteiger charge is 2.14. The molecule has 0 saturated heterocycles. The van der Waals surface area contributed by atoms with Crippen molar-refractivity contribution in [3.8, 4) is 0 Å². The minimum Gasteiger partial charge on any atom is -0.211 e. The van der Waals surface area contributed by atoms with E-state index in [2.05, 4.69) is 4.72 Å². The first-order valence-electron chi connectivity index (χ1n) is 4.26. The third-order valence-corrected chi connectivity index (χ3v) is 3.95. The normalized spacial score (nSPS) is 13.8. The molecule has 1 atom stereocenters. The van der Waals surface area contributed by atoms with Crippen molar-refractivity contribution in [3.63, 3.8) is 0 Å². The quantitative estimate of drug-likeness (QED) is 0.853. The summed E-state index contributed by atoms with van der Waals surface area (Å²) >= 11 is 11.1. The summed E-state index contributed by atoms with van der Waals surface area (Å²) in [4.78, 5) is 0. The maximum Gasteiger partial charge on any atom is 0.226 e. The molecule has 1 unspecified atom stereocenters. The van der Waals surface area contributed by atoms with E-state index in [9.17, 15) is 8.42 Å². The molecule has 15 heavy (non-hydrogen) atoms. The number of hydrogen-bond donors (Lipinski definition) is 1. The highest BCUT2D eigenvalue weighted by molar-refractivity contribution is 7.90. The number of nitrogens with one attached hydrogen (secondary N) is 1. The van der Waals surface area contributed by atoms with Gasteiger partial charge in [-0.1, -0.05) is 23.7 Å². The molecular formula is C9H11Cl2NO2S. The molecule has 3 nitrogen and oxygen atoms in total. The molecule has 0 spiro atoms. The third kappa shape index (κ3) is 3.99. The fourth-order valence-corrected chi connectivity index (χ4v) is 2.27. The van der Waals surface area contributed by atoms with Crippen molar-refractivity contribution in [2.24, 2.45) is 0 Å². The van der Waals surface area contributed by atoms with Crippen LogP contribution in [0.3, 0.4) is 0 Å². The Hall–Kier alpha value is -0.290. The maximum atomic E-state index is 11.2. The minimum absolute atomic E-state index is 0.340. The van der Waals surface area contributed by atoms with Gasteiger partial charge in [-0.05, 0) is 24.6 Å². The van der Waals surface area contributed by atoms with Gasteiger partial charge in [-0.15, -0.1) is 11.6 Å². The summed E-state index contributed by atoms with van der Waals surface area (Å²) < 4.78 is 24.8. The topological polar surface area (TPSA) is 46.2 Å². The predicted molar refractivity (Wildman–Crippen MR) is 62.6 cm³/mol. The van der Waals surface area contributed by atoms with Crippen molar-refractivity contribution < 1.29 is 8.42 Å². The van der Waals surface area contributed by atoms with Crippen LogP contribution in [0, 0.1) is 0 Å². The van der Waals surface area contributed by atoms with Gasteiger partial charge >= 0.3 is 0 Å². The smallest absolute Gasteiger partial charge is 0.211 e. The molecule has 0 aliphatic rings. The van der Waals surface area contributed by atoms with Gasteiger partial charge in [0.25, 0.3) is 0 Å². The second-order valence-corrected chi connectivity index (χ2v) is 5.89. The van der Waals surface area contributed by atoms with Gasteiger partial charge in [0.2, 0.25) is 10.0 Å². The molecule has 0 aromatic heterocycles. The highest BCUT2D eigenvalue weighted by Crippen LogP contribution is 2.18.